The minimum atomic E-state index is -0.289. The lowest BCUT2D eigenvalue weighted by Gasteiger charge is -2.20. The molecule has 1 amide bonds. The van der Waals surface area contributed by atoms with Gasteiger partial charge in [0.05, 0.1) is 31.1 Å². The van der Waals surface area contributed by atoms with Crippen molar-refractivity contribution in [2.45, 2.75) is 52.9 Å². The summed E-state index contributed by atoms with van der Waals surface area (Å²) in [5, 5.41) is 23.7. The lowest BCUT2D eigenvalue weighted by Crippen LogP contribution is -2.16. The van der Waals surface area contributed by atoms with E-state index in [0.717, 1.165) is 35.3 Å². The number of benzene rings is 3. The van der Waals surface area contributed by atoms with Gasteiger partial charge in [0.2, 0.25) is 0 Å². The van der Waals surface area contributed by atoms with Gasteiger partial charge < -0.3 is 30.9 Å². The van der Waals surface area contributed by atoms with E-state index in [1.807, 2.05) is 26.0 Å². The van der Waals surface area contributed by atoms with E-state index in [-0.39, 0.29) is 24.5 Å². The molecular formula is C29H36N4O4. The highest BCUT2D eigenvalue weighted by Crippen LogP contribution is 2.30. The van der Waals surface area contributed by atoms with Crippen molar-refractivity contribution in [2.75, 3.05) is 17.7 Å². The van der Waals surface area contributed by atoms with E-state index >= 15 is 0 Å². The van der Waals surface area contributed by atoms with Gasteiger partial charge >= 0.3 is 0 Å². The summed E-state index contributed by atoms with van der Waals surface area (Å²) >= 11 is 0. The topological polar surface area (TPSA) is 130 Å². The number of ether oxygens (including phenoxy) is 2. The molecule has 196 valence electrons. The van der Waals surface area contributed by atoms with Crippen LogP contribution in [0.15, 0.2) is 54.6 Å². The zero-order chi connectivity index (χ0) is 26.9. The number of hydrogen-bond acceptors (Lipinski definition) is 6. The molecule has 0 aliphatic heterocycles. The fourth-order valence-corrected chi connectivity index (χ4v) is 4.02. The number of hydrogen-bond donors (Lipinski definition) is 5. The molecule has 0 atom stereocenters. The van der Waals surface area contributed by atoms with Crippen molar-refractivity contribution in [3.05, 3.63) is 82.4 Å². The third-order valence-corrected chi connectivity index (χ3v) is 5.80. The summed E-state index contributed by atoms with van der Waals surface area (Å²) in [5.41, 5.74) is 10.6. The Bertz CT molecular complexity index is 1240. The van der Waals surface area contributed by atoms with Crippen LogP contribution in [0.3, 0.4) is 0 Å². The largest absolute Gasteiger partial charge is 0.497 e. The van der Waals surface area contributed by atoms with Crippen LogP contribution in [0.25, 0.3) is 0 Å². The summed E-state index contributed by atoms with van der Waals surface area (Å²) in [7, 11) is 1.58. The third kappa shape index (κ3) is 7.24. The van der Waals surface area contributed by atoms with Crippen molar-refractivity contribution in [3.63, 3.8) is 0 Å². The van der Waals surface area contributed by atoms with Gasteiger partial charge in [-0.25, -0.2) is 0 Å². The lowest BCUT2D eigenvalue weighted by molar-refractivity contribution is 0.102. The van der Waals surface area contributed by atoms with Crippen LogP contribution in [0.5, 0.6) is 11.5 Å². The Hall–Kier alpha value is -4.04. The average molecular weight is 505 g/mol. The van der Waals surface area contributed by atoms with Crippen molar-refractivity contribution in [1.29, 1.82) is 5.41 Å². The van der Waals surface area contributed by atoms with Gasteiger partial charge in [0, 0.05) is 23.9 Å². The van der Waals surface area contributed by atoms with Gasteiger partial charge in [-0.05, 0) is 79.4 Å². The van der Waals surface area contributed by atoms with E-state index in [4.69, 9.17) is 20.6 Å². The highest BCUT2D eigenvalue weighted by atomic mass is 16.5. The molecule has 6 N–H and O–H groups in total. The zero-order valence-corrected chi connectivity index (χ0v) is 21.9. The standard InChI is InChI=1S/C29H36N4O4/c1-5-6-24-21(13-19(17-34)14-27(24)37-18(2)3)16-32-26-15-23(36-4)11-12-25(26)29(35)33-22-9-7-20(8-10-22)28(30)31/h7-15,18,32,34H,5-6,16-17H2,1-4H3,(H3,30,31)(H,33,35). The van der Waals surface area contributed by atoms with Crippen LogP contribution in [0, 0.1) is 5.41 Å². The van der Waals surface area contributed by atoms with Gasteiger partial charge in [0.1, 0.15) is 17.3 Å². The molecular weight excluding hydrogens is 468 g/mol. The predicted molar refractivity (Wildman–Crippen MR) is 148 cm³/mol. The molecule has 0 aliphatic rings. The molecule has 0 spiro atoms. The Balaban J connectivity index is 1.90. The summed E-state index contributed by atoms with van der Waals surface area (Å²) in [6.07, 6.45) is 1.77. The first-order chi connectivity index (χ1) is 17.7. The summed E-state index contributed by atoms with van der Waals surface area (Å²) < 4.78 is 11.5. The maximum atomic E-state index is 13.2. The quantitative estimate of drug-likeness (QED) is 0.173. The van der Waals surface area contributed by atoms with Crippen molar-refractivity contribution < 1.29 is 19.4 Å². The molecule has 3 aromatic rings. The fourth-order valence-electron chi connectivity index (χ4n) is 4.02. The summed E-state index contributed by atoms with van der Waals surface area (Å²) in [4.78, 5) is 13.2. The molecule has 0 unspecified atom stereocenters. The predicted octanol–water partition coefficient (Wildman–Crippen LogP) is 5.08. The number of rotatable bonds is 12. The molecule has 0 saturated heterocycles. The first-order valence-corrected chi connectivity index (χ1v) is 12.4. The molecule has 3 rings (SSSR count). The number of amides is 1. The highest BCUT2D eigenvalue weighted by Gasteiger charge is 2.16. The van der Waals surface area contributed by atoms with Gasteiger partial charge in [-0.3, -0.25) is 10.2 Å². The molecule has 0 fully saturated rings. The average Bonchev–Trinajstić information content (AvgIpc) is 2.88. The fraction of sp³-hybridized carbons (Fsp3) is 0.310. The number of nitrogen functional groups attached to an aromatic ring is 1. The van der Waals surface area contributed by atoms with Gasteiger partial charge in [0.15, 0.2) is 0 Å². The number of nitrogens with two attached hydrogens (primary N) is 1. The molecule has 0 bridgehead atoms. The van der Waals surface area contributed by atoms with Crippen LogP contribution in [0.1, 0.15) is 59.8 Å². The first kappa shape index (κ1) is 27.5. The Morgan fingerprint density at radius 1 is 1.11 bits per heavy atom. The van der Waals surface area contributed by atoms with Crippen LogP contribution >= 0.6 is 0 Å². The number of amidine groups is 1. The van der Waals surface area contributed by atoms with E-state index in [9.17, 15) is 9.90 Å². The van der Waals surface area contributed by atoms with Crippen LogP contribution in [0.4, 0.5) is 11.4 Å². The number of aliphatic hydroxyl groups excluding tert-OH is 1. The minimum absolute atomic E-state index is 0.00329. The second-order valence-electron chi connectivity index (χ2n) is 9.02. The maximum Gasteiger partial charge on any atom is 0.257 e. The number of aliphatic hydroxyl groups is 1. The van der Waals surface area contributed by atoms with Gasteiger partial charge in [-0.2, -0.15) is 0 Å². The Morgan fingerprint density at radius 3 is 2.43 bits per heavy atom. The second kappa shape index (κ2) is 12.8. The van der Waals surface area contributed by atoms with Crippen LogP contribution in [0.2, 0.25) is 0 Å². The Kier molecular flexibility index (Phi) is 9.51. The van der Waals surface area contributed by atoms with Crippen molar-refractivity contribution in [2.24, 2.45) is 5.73 Å². The molecule has 0 aliphatic carbocycles. The van der Waals surface area contributed by atoms with E-state index < -0.39 is 0 Å². The maximum absolute atomic E-state index is 13.2. The van der Waals surface area contributed by atoms with Crippen molar-refractivity contribution >= 4 is 23.1 Å². The monoisotopic (exact) mass is 504 g/mol. The molecule has 0 aromatic heterocycles. The second-order valence-corrected chi connectivity index (χ2v) is 9.02. The minimum Gasteiger partial charge on any atom is -0.497 e. The van der Waals surface area contributed by atoms with E-state index in [1.54, 1.807) is 49.6 Å². The summed E-state index contributed by atoms with van der Waals surface area (Å²) in [6.45, 7) is 6.41. The molecule has 0 saturated carbocycles. The zero-order valence-electron chi connectivity index (χ0n) is 21.9. The SMILES string of the molecule is CCCc1c(CNc2cc(OC)ccc2C(=O)Nc2ccc(C(=N)N)cc2)cc(CO)cc1OC(C)C. The van der Waals surface area contributed by atoms with Crippen LogP contribution < -0.4 is 25.8 Å². The van der Waals surface area contributed by atoms with Gasteiger partial charge in [-0.15, -0.1) is 0 Å². The Morgan fingerprint density at radius 2 is 1.84 bits per heavy atom. The van der Waals surface area contributed by atoms with Gasteiger partial charge in [-0.1, -0.05) is 19.4 Å². The number of carbonyl (C=O) groups excluding carboxylic acids is 1. The van der Waals surface area contributed by atoms with Crippen LogP contribution in [-0.4, -0.2) is 30.1 Å². The first-order valence-electron chi connectivity index (χ1n) is 12.4. The number of anilines is 2. The number of nitrogens with one attached hydrogen (secondary N) is 3. The normalized spacial score (nSPS) is 10.8. The highest BCUT2D eigenvalue weighted by molar-refractivity contribution is 6.08. The Labute approximate surface area is 218 Å². The van der Waals surface area contributed by atoms with Crippen molar-refractivity contribution in [1.82, 2.24) is 0 Å². The number of carbonyl (C=O) groups is 1. The van der Waals surface area contributed by atoms with E-state index in [2.05, 4.69) is 17.6 Å². The smallest absolute Gasteiger partial charge is 0.257 e. The number of methoxy groups -OCH3 is 1. The molecule has 8 heteroatoms. The molecule has 3 aromatic carbocycles. The molecule has 0 radical (unpaired) electrons. The summed E-state index contributed by atoms with van der Waals surface area (Å²) in [5.74, 6) is 1.07. The summed E-state index contributed by atoms with van der Waals surface area (Å²) in [6, 6.07) is 15.9. The lowest BCUT2D eigenvalue weighted by atomic mass is 9.98. The molecule has 0 heterocycles. The molecule has 37 heavy (non-hydrogen) atoms. The van der Waals surface area contributed by atoms with Crippen molar-refractivity contribution in [3.8, 4) is 11.5 Å². The van der Waals surface area contributed by atoms with E-state index in [0.29, 0.717) is 34.8 Å². The molecule has 8 nitrogen and oxygen atoms in total. The van der Waals surface area contributed by atoms with Crippen LogP contribution in [-0.2, 0) is 19.6 Å². The van der Waals surface area contributed by atoms with E-state index in [1.165, 1.54) is 0 Å². The van der Waals surface area contributed by atoms with Gasteiger partial charge in [0.25, 0.3) is 5.91 Å². The third-order valence-electron chi connectivity index (χ3n) is 5.80.